The van der Waals surface area contributed by atoms with Crippen molar-refractivity contribution < 1.29 is 4.79 Å². The van der Waals surface area contributed by atoms with Crippen LogP contribution in [0.15, 0.2) is 54.6 Å². The molecule has 0 bridgehead atoms. The van der Waals surface area contributed by atoms with Gasteiger partial charge in [-0.15, -0.1) is 0 Å². The maximum Gasteiger partial charge on any atom is 0.253 e. The molecule has 0 saturated heterocycles. The number of aromatic amines is 1. The Bertz CT molecular complexity index is 1240. The first-order valence-electron chi connectivity index (χ1n) is 9.27. The minimum Gasteiger partial charge on any atom is -0.358 e. The molecule has 0 fully saturated rings. The summed E-state index contributed by atoms with van der Waals surface area (Å²) in [6.45, 7) is 2.72. The van der Waals surface area contributed by atoms with Gasteiger partial charge in [-0.1, -0.05) is 41.9 Å². The van der Waals surface area contributed by atoms with Crippen LogP contribution < -0.4 is 5.32 Å². The van der Waals surface area contributed by atoms with E-state index in [0.717, 1.165) is 56.7 Å². The second-order valence-corrected chi connectivity index (χ2v) is 7.55. The Morgan fingerprint density at radius 3 is 2.75 bits per heavy atom. The monoisotopic (exact) mass is 387 g/mol. The maximum absolute atomic E-state index is 12.1. The molecule has 28 heavy (non-hydrogen) atoms. The summed E-state index contributed by atoms with van der Waals surface area (Å²) in [5.41, 5.74) is 7.54. The number of nitrogens with one attached hydrogen (secondary N) is 2. The van der Waals surface area contributed by atoms with Crippen LogP contribution in [0, 0.1) is 6.92 Å². The number of carbonyl (C=O) groups is 1. The molecular formula is C23H18ClN3O. The molecule has 2 aromatic heterocycles. The number of aryl methyl sites for hydroxylation is 1. The number of nitrogens with zero attached hydrogens (tertiary/aromatic N) is 1. The zero-order valence-electron chi connectivity index (χ0n) is 15.3. The lowest BCUT2D eigenvalue weighted by Crippen LogP contribution is -2.31. The summed E-state index contributed by atoms with van der Waals surface area (Å²) in [7, 11) is 0. The van der Waals surface area contributed by atoms with Crippen LogP contribution in [0.3, 0.4) is 0 Å². The largest absolute Gasteiger partial charge is 0.358 e. The van der Waals surface area contributed by atoms with Crippen molar-refractivity contribution in [2.75, 3.05) is 6.54 Å². The van der Waals surface area contributed by atoms with Crippen molar-refractivity contribution in [1.82, 2.24) is 15.3 Å². The molecule has 0 saturated carbocycles. The molecular weight excluding hydrogens is 370 g/mol. The summed E-state index contributed by atoms with van der Waals surface area (Å²) < 4.78 is 0. The van der Waals surface area contributed by atoms with E-state index in [0.29, 0.717) is 11.6 Å². The minimum atomic E-state index is -0.0211. The summed E-state index contributed by atoms with van der Waals surface area (Å²) in [6.07, 6.45) is 0.812. The molecule has 0 unspecified atom stereocenters. The molecule has 2 N–H and O–H groups in total. The third-order valence-electron chi connectivity index (χ3n) is 5.29. The zero-order valence-corrected chi connectivity index (χ0v) is 16.1. The Morgan fingerprint density at radius 1 is 1.00 bits per heavy atom. The summed E-state index contributed by atoms with van der Waals surface area (Å²) >= 11 is 6.21. The number of hydrogen-bond acceptors (Lipinski definition) is 2. The highest BCUT2D eigenvalue weighted by molar-refractivity contribution is 6.30. The summed E-state index contributed by atoms with van der Waals surface area (Å²) in [4.78, 5) is 20.5. The van der Waals surface area contributed by atoms with Crippen molar-refractivity contribution in [3.05, 3.63) is 76.4 Å². The number of rotatable bonds is 2. The second-order valence-electron chi connectivity index (χ2n) is 7.11. The van der Waals surface area contributed by atoms with Gasteiger partial charge in [0.15, 0.2) is 0 Å². The highest BCUT2D eigenvalue weighted by Crippen LogP contribution is 2.32. The standard InChI is InChI=1S/C23H18ClN3O/c1-13-5-7-15(24)11-17(13)19-8-6-14-3-2-4-16(22(14)27-19)21-12-18-20(26-21)9-10-25-23(18)28/h2-8,11-12,26H,9-10H2,1H3,(H,25,28). The number of pyridine rings is 1. The van der Waals surface area contributed by atoms with Gasteiger partial charge in [0.2, 0.25) is 0 Å². The SMILES string of the molecule is Cc1ccc(Cl)cc1-c1ccc2cccc(-c3cc4c([nH]3)CCNC4=O)c2n1. The van der Waals surface area contributed by atoms with E-state index < -0.39 is 0 Å². The minimum absolute atomic E-state index is 0.0211. The summed E-state index contributed by atoms with van der Waals surface area (Å²) in [5.74, 6) is -0.0211. The van der Waals surface area contributed by atoms with E-state index in [1.165, 1.54) is 0 Å². The quantitative estimate of drug-likeness (QED) is 0.500. The molecule has 0 spiro atoms. The normalized spacial score (nSPS) is 13.4. The van der Waals surface area contributed by atoms with Crippen molar-refractivity contribution >= 4 is 28.4 Å². The zero-order chi connectivity index (χ0) is 19.3. The Labute approximate surface area is 167 Å². The topological polar surface area (TPSA) is 57.8 Å². The molecule has 2 aromatic carbocycles. The van der Waals surface area contributed by atoms with E-state index in [9.17, 15) is 4.79 Å². The van der Waals surface area contributed by atoms with Crippen molar-refractivity contribution in [1.29, 1.82) is 0 Å². The second kappa shape index (κ2) is 6.50. The van der Waals surface area contributed by atoms with Crippen LogP contribution >= 0.6 is 11.6 Å². The van der Waals surface area contributed by atoms with Gasteiger partial charge in [0.25, 0.3) is 5.91 Å². The molecule has 5 heteroatoms. The molecule has 4 aromatic rings. The maximum atomic E-state index is 12.1. The van der Waals surface area contributed by atoms with Gasteiger partial charge in [0.05, 0.1) is 16.8 Å². The van der Waals surface area contributed by atoms with Gasteiger partial charge < -0.3 is 10.3 Å². The third kappa shape index (κ3) is 2.77. The first-order valence-corrected chi connectivity index (χ1v) is 9.65. The van der Waals surface area contributed by atoms with Crippen LogP contribution in [-0.2, 0) is 6.42 Å². The number of aromatic nitrogens is 2. The van der Waals surface area contributed by atoms with E-state index in [1.54, 1.807) is 0 Å². The lowest BCUT2D eigenvalue weighted by molar-refractivity contribution is 0.0946. The van der Waals surface area contributed by atoms with Gasteiger partial charge in [0, 0.05) is 45.9 Å². The first kappa shape index (κ1) is 17.0. The Morgan fingerprint density at radius 2 is 1.89 bits per heavy atom. The molecule has 0 aliphatic carbocycles. The van der Waals surface area contributed by atoms with E-state index in [1.807, 2.05) is 42.5 Å². The lowest BCUT2D eigenvalue weighted by Gasteiger charge is -2.11. The molecule has 0 atom stereocenters. The highest BCUT2D eigenvalue weighted by Gasteiger charge is 2.21. The summed E-state index contributed by atoms with van der Waals surface area (Å²) in [6, 6.07) is 18.0. The molecule has 1 amide bonds. The number of amides is 1. The van der Waals surface area contributed by atoms with E-state index >= 15 is 0 Å². The number of carbonyl (C=O) groups excluding carboxylic acids is 1. The van der Waals surface area contributed by atoms with Gasteiger partial charge in [-0.05, 0) is 36.8 Å². The van der Waals surface area contributed by atoms with Gasteiger partial charge >= 0.3 is 0 Å². The third-order valence-corrected chi connectivity index (χ3v) is 5.53. The van der Waals surface area contributed by atoms with Crippen molar-refractivity contribution in [3.63, 3.8) is 0 Å². The molecule has 5 rings (SSSR count). The molecule has 1 aliphatic rings. The van der Waals surface area contributed by atoms with E-state index in [-0.39, 0.29) is 5.91 Å². The lowest BCUT2D eigenvalue weighted by atomic mass is 10.0. The van der Waals surface area contributed by atoms with Crippen LogP contribution in [0.2, 0.25) is 5.02 Å². The van der Waals surface area contributed by atoms with Crippen molar-refractivity contribution in [3.8, 4) is 22.5 Å². The number of para-hydroxylation sites is 1. The average molecular weight is 388 g/mol. The van der Waals surface area contributed by atoms with Crippen LogP contribution in [0.5, 0.6) is 0 Å². The van der Waals surface area contributed by atoms with Crippen LogP contribution in [0.1, 0.15) is 21.6 Å². The number of halogens is 1. The predicted molar refractivity (Wildman–Crippen MR) is 113 cm³/mol. The Hall–Kier alpha value is -3.11. The summed E-state index contributed by atoms with van der Waals surface area (Å²) in [5, 5.41) is 4.64. The number of H-pyrrole nitrogens is 1. The Kier molecular flexibility index (Phi) is 3.95. The fourth-order valence-electron chi connectivity index (χ4n) is 3.82. The van der Waals surface area contributed by atoms with E-state index in [4.69, 9.17) is 16.6 Å². The highest BCUT2D eigenvalue weighted by atomic mass is 35.5. The number of fused-ring (bicyclic) bond motifs is 2. The van der Waals surface area contributed by atoms with Crippen LogP contribution in [0.4, 0.5) is 0 Å². The van der Waals surface area contributed by atoms with Gasteiger partial charge in [-0.2, -0.15) is 0 Å². The molecule has 3 heterocycles. The molecule has 138 valence electrons. The number of hydrogen-bond donors (Lipinski definition) is 2. The van der Waals surface area contributed by atoms with E-state index in [2.05, 4.69) is 29.4 Å². The van der Waals surface area contributed by atoms with Crippen molar-refractivity contribution in [2.24, 2.45) is 0 Å². The van der Waals surface area contributed by atoms with Crippen molar-refractivity contribution in [2.45, 2.75) is 13.3 Å². The molecule has 4 nitrogen and oxygen atoms in total. The predicted octanol–water partition coefficient (Wildman–Crippen LogP) is 5.14. The van der Waals surface area contributed by atoms with Gasteiger partial charge in [0.1, 0.15) is 0 Å². The van der Waals surface area contributed by atoms with Gasteiger partial charge in [-0.3, -0.25) is 4.79 Å². The number of benzene rings is 2. The first-order chi connectivity index (χ1) is 13.6. The fourth-order valence-corrected chi connectivity index (χ4v) is 4.00. The fraction of sp³-hybridized carbons (Fsp3) is 0.130. The molecule has 1 aliphatic heterocycles. The van der Waals surface area contributed by atoms with Crippen LogP contribution in [0.25, 0.3) is 33.4 Å². The van der Waals surface area contributed by atoms with Crippen LogP contribution in [-0.4, -0.2) is 22.4 Å². The molecule has 0 radical (unpaired) electrons. The van der Waals surface area contributed by atoms with Gasteiger partial charge in [-0.25, -0.2) is 4.98 Å². The Balaban J connectivity index is 1.70. The average Bonchev–Trinajstić information content (AvgIpc) is 3.14. The smallest absolute Gasteiger partial charge is 0.253 e.